The molecule has 13 heavy (non-hydrogen) atoms. The summed E-state index contributed by atoms with van der Waals surface area (Å²) in [7, 11) is 0. The molecule has 1 aromatic heterocycles. The van der Waals surface area contributed by atoms with Gasteiger partial charge in [-0.15, -0.1) is 0 Å². The van der Waals surface area contributed by atoms with Crippen molar-refractivity contribution in [2.24, 2.45) is 0 Å². The number of hydrogen-bond acceptors (Lipinski definition) is 1. The molecular weight excluding hydrogens is 160 g/mol. The Morgan fingerprint density at radius 2 is 2.00 bits per heavy atom. The molecule has 0 saturated carbocycles. The third kappa shape index (κ3) is 1.44. The molecule has 0 fully saturated rings. The molecular formula is C11H14N2. The zero-order valence-electron chi connectivity index (χ0n) is 8.26. The van der Waals surface area contributed by atoms with E-state index < -0.39 is 0 Å². The number of fused-ring (bicyclic) bond motifs is 1. The van der Waals surface area contributed by atoms with Gasteiger partial charge in [-0.25, -0.2) is 4.98 Å². The molecule has 1 aromatic carbocycles. The van der Waals surface area contributed by atoms with Crippen LogP contribution in [0.3, 0.4) is 0 Å². The van der Waals surface area contributed by atoms with Crippen molar-refractivity contribution in [3.05, 3.63) is 30.1 Å². The molecule has 0 aliphatic heterocycles. The van der Waals surface area contributed by atoms with Gasteiger partial charge in [0.1, 0.15) is 0 Å². The average Bonchev–Trinajstić information content (AvgIpc) is 2.47. The van der Waals surface area contributed by atoms with Crippen LogP contribution in [0, 0.1) is 0 Å². The molecule has 2 rings (SSSR count). The second-order valence-corrected chi connectivity index (χ2v) is 4.38. The third-order valence-electron chi connectivity index (χ3n) is 2.29. The minimum Gasteiger partial charge on any atom is -0.345 e. The Labute approximate surface area is 78.0 Å². The first-order valence-corrected chi connectivity index (χ1v) is 4.51. The van der Waals surface area contributed by atoms with E-state index in [9.17, 15) is 0 Å². The first-order valence-electron chi connectivity index (χ1n) is 4.51. The summed E-state index contributed by atoms with van der Waals surface area (Å²) >= 11 is 0. The first kappa shape index (κ1) is 8.30. The van der Waals surface area contributed by atoms with E-state index >= 15 is 0 Å². The van der Waals surface area contributed by atoms with E-state index in [1.165, 1.54) is 5.56 Å². The molecule has 0 radical (unpaired) electrons. The molecule has 0 unspecified atom stereocenters. The van der Waals surface area contributed by atoms with E-state index in [0.717, 1.165) is 11.0 Å². The summed E-state index contributed by atoms with van der Waals surface area (Å²) in [6.45, 7) is 6.63. The predicted octanol–water partition coefficient (Wildman–Crippen LogP) is 2.86. The number of imidazole rings is 1. The van der Waals surface area contributed by atoms with Gasteiger partial charge in [0.25, 0.3) is 0 Å². The fraction of sp³-hybridized carbons (Fsp3) is 0.364. The summed E-state index contributed by atoms with van der Waals surface area (Å²) in [4.78, 5) is 7.32. The largest absolute Gasteiger partial charge is 0.345 e. The van der Waals surface area contributed by atoms with Gasteiger partial charge in [-0.1, -0.05) is 26.8 Å². The van der Waals surface area contributed by atoms with Gasteiger partial charge in [0.05, 0.1) is 17.4 Å². The Morgan fingerprint density at radius 1 is 1.23 bits per heavy atom. The molecule has 0 amide bonds. The van der Waals surface area contributed by atoms with E-state index in [2.05, 4.69) is 48.9 Å². The Hall–Kier alpha value is -1.31. The molecule has 0 bridgehead atoms. The number of nitrogens with one attached hydrogen (secondary N) is 1. The number of rotatable bonds is 0. The zero-order valence-corrected chi connectivity index (χ0v) is 8.26. The molecule has 0 saturated heterocycles. The van der Waals surface area contributed by atoms with Crippen LogP contribution in [-0.2, 0) is 5.41 Å². The maximum Gasteiger partial charge on any atom is 0.0931 e. The lowest BCUT2D eigenvalue weighted by Gasteiger charge is -2.18. The highest BCUT2D eigenvalue weighted by atomic mass is 14.9. The summed E-state index contributed by atoms with van der Waals surface area (Å²) in [6.07, 6.45) is 1.73. The van der Waals surface area contributed by atoms with Crippen molar-refractivity contribution in [1.29, 1.82) is 0 Å². The van der Waals surface area contributed by atoms with Crippen LogP contribution in [0.5, 0.6) is 0 Å². The lowest BCUT2D eigenvalue weighted by Crippen LogP contribution is -2.10. The lowest BCUT2D eigenvalue weighted by molar-refractivity contribution is 0.591. The number of aromatic amines is 1. The van der Waals surface area contributed by atoms with Gasteiger partial charge >= 0.3 is 0 Å². The molecule has 2 nitrogen and oxygen atoms in total. The minimum absolute atomic E-state index is 0.202. The molecule has 68 valence electrons. The van der Waals surface area contributed by atoms with Crippen LogP contribution in [0.2, 0.25) is 0 Å². The molecule has 1 N–H and O–H groups in total. The quantitative estimate of drug-likeness (QED) is 0.653. The van der Waals surface area contributed by atoms with Gasteiger partial charge in [0.15, 0.2) is 0 Å². The number of hydrogen-bond donors (Lipinski definition) is 1. The van der Waals surface area contributed by atoms with Gasteiger partial charge in [-0.2, -0.15) is 0 Å². The maximum absolute atomic E-state index is 4.24. The van der Waals surface area contributed by atoms with Crippen LogP contribution < -0.4 is 0 Å². The van der Waals surface area contributed by atoms with Crippen molar-refractivity contribution in [2.45, 2.75) is 26.2 Å². The summed E-state index contributed by atoms with van der Waals surface area (Å²) in [5.74, 6) is 0. The van der Waals surface area contributed by atoms with Crippen molar-refractivity contribution >= 4 is 11.0 Å². The van der Waals surface area contributed by atoms with Crippen LogP contribution in [0.25, 0.3) is 11.0 Å². The molecule has 2 aromatic rings. The van der Waals surface area contributed by atoms with Crippen LogP contribution >= 0.6 is 0 Å². The average molecular weight is 174 g/mol. The van der Waals surface area contributed by atoms with Gasteiger partial charge in [0, 0.05) is 0 Å². The Morgan fingerprint density at radius 3 is 2.69 bits per heavy atom. The van der Waals surface area contributed by atoms with E-state index in [0.29, 0.717) is 0 Å². The van der Waals surface area contributed by atoms with Gasteiger partial charge in [-0.3, -0.25) is 0 Å². The molecule has 1 heterocycles. The summed E-state index contributed by atoms with van der Waals surface area (Å²) in [5.41, 5.74) is 3.68. The van der Waals surface area contributed by atoms with E-state index in [-0.39, 0.29) is 5.41 Å². The van der Waals surface area contributed by atoms with Crippen molar-refractivity contribution in [2.75, 3.05) is 0 Å². The van der Waals surface area contributed by atoms with Crippen LogP contribution in [0.15, 0.2) is 24.5 Å². The second-order valence-electron chi connectivity index (χ2n) is 4.38. The fourth-order valence-corrected chi connectivity index (χ4v) is 1.40. The standard InChI is InChI=1S/C11H14N2/c1-11(2,3)8-4-5-9-10(6-8)13-7-12-9/h4-7H,1-3H3,(H,12,13). The third-order valence-corrected chi connectivity index (χ3v) is 2.29. The van der Waals surface area contributed by atoms with Crippen LogP contribution in [0.4, 0.5) is 0 Å². The van der Waals surface area contributed by atoms with Crippen molar-refractivity contribution < 1.29 is 0 Å². The molecule has 0 aliphatic rings. The number of H-pyrrole nitrogens is 1. The predicted molar refractivity (Wildman–Crippen MR) is 54.8 cm³/mol. The Bertz CT molecular complexity index is 421. The summed E-state index contributed by atoms with van der Waals surface area (Å²) < 4.78 is 0. The van der Waals surface area contributed by atoms with E-state index in [1.807, 2.05) is 0 Å². The van der Waals surface area contributed by atoms with Crippen LogP contribution in [0.1, 0.15) is 26.3 Å². The van der Waals surface area contributed by atoms with E-state index in [4.69, 9.17) is 0 Å². The highest BCUT2D eigenvalue weighted by Gasteiger charge is 2.13. The smallest absolute Gasteiger partial charge is 0.0931 e. The monoisotopic (exact) mass is 174 g/mol. The Balaban J connectivity index is 2.61. The van der Waals surface area contributed by atoms with Crippen molar-refractivity contribution in [1.82, 2.24) is 9.97 Å². The highest BCUT2D eigenvalue weighted by molar-refractivity contribution is 5.75. The molecule has 2 heteroatoms. The first-order chi connectivity index (χ1) is 6.07. The Kier molecular flexibility index (Phi) is 1.65. The fourth-order valence-electron chi connectivity index (χ4n) is 1.40. The van der Waals surface area contributed by atoms with Crippen LogP contribution in [-0.4, -0.2) is 9.97 Å². The van der Waals surface area contributed by atoms with E-state index in [1.54, 1.807) is 6.33 Å². The van der Waals surface area contributed by atoms with Crippen molar-refractivity contribution in [3.63, 3.8) is 0 Å². The second kappa shape index (κ2) is 2.59. The molecule has 0 spiro atoms. The van der Waals surface area contributed by atoms with Gasteiger partial charge in [-0.05, 0) is 23.1 Å². The molecule has 0 atom stereocenters. The number of aromatic nitrogens is 2. The zero-order chi connectivity index (χ0) is 9.47. The number of nitrogens with zero attached hydrogens (tertiary/aromatic N) is 1. The summed E-state index contributed by atoms with van der Waals surface area (Å²) in [6, 6.07) is 6.38. The lowest BCUT2D eigenvalue weighted by atomic mass is 9.87. The maximum atomic E-state index is 4.24. The SMILES string of the molecule is CC(C)(C)c1ccc2[nH]cnc2c1. The van der Waals surface area contributed by atoms with Gasteiger partial charge < -0.3 is 4.98 Å². The molecule has 0 aliphatic carbocycles. The number of benzene rings is 1. The normalized spacial score (nSPS) is 12.2. The highest BCUT2D eigenvalue weighted by Crippen LogP contribution is 2.24. The minimum atomic E-state index is 0.202. The van der Waals surface area contributed by atoms with Gasteiger partial charge in [0.2, 0.25) is 0 Å². The van der Waals surface area contributed by atoms with Crippen molar-refractivity contribution in [3.8, 4) is 0 Å². The topological polar surface area (TPSA) is 28.7 Å². The summed E-state index contributed by atoms with van der Waals surface area (Å²) in [5, 5.41) is 0.